The first-order valence-electron chi connectivity index (χ1n) is 4.70. The lowest BCUT2D eigenvalue weighted by Gasteiger charge is -2.09. The van der Waals surface area contributed by atoms with Crippen LogP contribution in [0.4, 0.5) is 0 Å². The van der Waals surface area contributed by atoms with E-state index in [0.717, 1.165) is 0 Å². The van der Waals surface area contributed by atoms with Crippen molar-refractivity contribution in [2.75, 3.05) is 6.54 Å². The molecule has 0 aliphatic carbocycles. The molecule has 0 aliphatic rings. The summed E-state index contributed by atoms with van der Waals surface area (Å²) < 4.78 is 26.2. The van der Waals surface area contributed by atoms with Crippen molar-refractivity contribution in [2.24, 2.45) is 0 Å². The fourth-order valence-electron chi connectivity index (χ4n) is 1.22. The van der Waals surface area contributed by atoms with Crippen LogP contribution < -0.4 is 4.72 Å². The Morgan fingerprint density at radius 3 is 2.56 bits per heavy atom. The average molecular weight is 283 g/mol. The van der Waals surface area contributed by atoms with Crippen LogP contribution in [0.15, 0.2) is 11.0 Å². The molecule has 1 rings (SSSR count). The van der Waals surface area contributed by atoms with E-state index in [9.17, 15) is 8.42 Å². The van der Waals surface area contributed by atoms with Crippen LogP contribution >= 0.6 is 23.2 Å². The molecule has 0 spiro atoms. The van der Waals surface area contributed by atoms with Crippen LogP contribution in [-0.2, 0) is 10.0 Å². The predicted octanol–water partition coefficient (Wildman–Crippen LogP) is 2.39. The predicted molar refractivity (Wildman–Crippen MR) is 64.5 cm³/mol. The molecule has 0 bridgehead atoms. The smallest absolute Gasteiger partial charge is 0.223 e. The number of aryl methyl sites for hydroxylation is 1. The van der Waals surface area contributed by atoms with E-state index in [2.05, 4.69) is 9.71 Å². The normalized spacial score (nSPS) is 11.8. The summed E-state index contributed by atoms with van der Waals surface area (Å²) in [7, 11) is -3.60. The Kier molecular flexibility index (Phi) is 4.55. The summed E-state index contributed by atoms with van der Waals surface area (Å²) in [6.45, 7) is 3.86. The molecule has 90 valence electrons. The summed E-state index contributed by atoms with van der Waals surface area (Å²) in [5.74, 6) is 0. The number of pyridine rings is 1. The van der Waals surface area contributed by atoms with Gasteiger partial charge in [-0.05, 0) is 25.0 Å². The molecule has 1 heterocycles. The van der Waals surface area contributed by atoms with Gasteiger partial charge in [0.1, 0.15) is 10.0 Å². The highest BCUT2D eigenvalue weighted by molar-refractivity contribution is 7.89. The van der Waals surface area contributed by atoms with Crippen molar-refractivity contribution in [3.05, 3.63) is 21.9 Å². The van der Waals surface area contributed by atoms with Gasteiger partial charge in [0.05, 0.1) is 0 Å². The molecule has 0 saturated carbocycles. The highest BCUT2D eigenvalue weighted by atomic mass is 35.5. The molecule has 4 nitrogen and oxygen atoms in total. The van der Waals surface area contributed by atoms with Crippen LogP contribution in [0.3, 0.4) is 0 Å². The lowest BCUT2D eigenvalue weighted by Crippen LogP contribution is -2.25. The number of rotatable bonds is 4. The highest BCUT2D eigenvalue weighted by Crippen LogP contribution is 2.25. The summed E-state index contributed by atoms with van der Waals surface area (Å²) in [4.78, 5) is 3.71. The van der Waals surface area contributed by atoms with Crippen molar-refractivity contribution in [3.8, 4) is 0 Å². The first-order valence-corrected chi connectivity index (χ1v) is 6.94. The number of halogens is 2. The maximum Gasteiger partial charge on any atom is 0.243 e. The highest BCUT2D eigenvalue weighted by Gasteiger charge is 2.21. The van der Waals surface area contributed by atoms with Gasteiger partial charge in [0.15, 0.2) is 5.15 Å². The SMILES string of the molecule is CCCNS(=O)(=O)c1c(C)cc(Cl)nc1Cl. The number of aromatic nitrogens is 1. The Morgan fingerprint density at radius 2 is 2.06 bits per heavy atom. The second-order valence-electron chi connectivity index (χ2n) is 3.28. The third-order valence-corrected chi connectivity index (χ3v) is 4.11. The lowest BCUT2D eigenvalue weighted by atomic mass is 10.3. The Bertz CT molecular complexity index is 465. The van der Waals surface area contributed by atoms with Crippen molar-refractivity contribution in [2.45, 2.75) is 25.2 Å². The maximum absolute atomic E-state index is 11.9. The van der Waals surface area contributed by atoms with E-state index >= 15 is 0 Å². The standard InChI is InChI=1S/C9H12Cl2N2O2S/c1-3-4-12-16(14,15)8-6(2)5-7(10)13-9(8)11/h5,12H,3-4H2,1-2H3. The monoisotopic (exact) mass is 282 g/mol. The summed E-state index contributed by atoms with van der Waals surface area (Å²) in [5, 5.41) is 0.0746. The third-order valence-electron chi connectivity index (χ3n) is 1.90. The maximum atomic E-state index is 11.9. The van der Waals surface area contributed by atoms with Gasteiger partial charge in [0, 0.05) is 6.54 Å². The molecule has 0 aromatic carbocycles. The summed E-state index contributed by atoms with van der Waals surface area (Å²) >= 11 is 11.4. The molecular formula is C9H12Cl2N2O2S. The number of nitrogens with one attached hydrogen (secondary N) is 1. The van der Waals surface area contributed by atoms with Crippen LogP contribution in [0.25, 0.3) is 0 Å². The fourth-order valence-corrected chi connectivity index (χ4v) is 3.42. The van der Waals surface area contributed by atoms with E-state index < -0.39 is 10.0 Å². The van der Waals surface area contributed by atoms with Gasteiger partial charge in [-0.25, -0.2) is 18.1 Å². The van der Waals surface area contributed by atoms with Crippen LogP contribution in [0.2, 0.25) is 10.3 Å². The van der Waals surface area contributed by atoms with Gasteiger partial charge < -0.3 is 0 Å². The molecule has 1 aromatic heterocycles. The average Bonchev–Trinajstić information content (AvgIpc) is 2.12. The molecule has 16 heavy (non-hydrogen) atoms. The van der Waals surface area contributed by atoms with Gasteiger partial charge in [-0.2, -0.15) is 0 Å². The van der Waals surface area contributed by atoms with Crippen molar-refractivity contribution in [1.29, 1.82) is 0 Å². The quantitative estimate of drug-likeness (QED) is 0.863. The molecule has 0 saturated heterocycles. The fraction of sp³-hybridized carbons (Fsp3) is 0.444. The van der Waals surface area contributed by atoms with E-state index in [0.29, 0.717) is 18.5 Å². The molecule has 0 aliphatic heterocycles. The van der Waals surface area contributed by atoms with Gasteiger partial charge in [-0.3, -0.25) is 0 Å². The molecule has 0 fully saturated rings. The van der Waals surface area contributed by atoms with E-state index in [1.165, 1.54) is 6.07 Å². The number of hydrogen-bond donors (Lipinski definition) is 1. The summed E-state index contributed by atoms with van der Waals surface area (Å²) in [5.41, 5.74) is 0.480. The molecule has 1 N–H and O–H groups in total. The van der Waals surface area contributed by atoms with E-state index in [-0.39, 0.29) is 15.2 Å². The minimum atomic E-state index is -3.60. The lowest BCUT2D eigenvalue weighted by molar-refractivity contribution is 0.580. The molecule has 0 radical (unpaired) electrons. The van der Waals surface area contributed by atoms with Gasteiger partial charge >= 0.3 is 0 Å². The molecule has 1 aromatic rings. The second kappa shape index (κ2) is 5.31. The molecule has 0 amide bonds. The largest absolute Gasteiger partial charge is 0.243 e. The van der Waals surface area contributed by atoms with E-state index in [4.69, 9.17) is 23.2 Å². The van der Waals surface area contributed by atoms with Gasteiger partial charge in [0.2, 0.25) is 10.0 Å². The molecule has 0 unspecified atom stereocenters. The van der Waals surface area contributed by atoms with Gasteiger partial charge in [0.25, 0.3) is 0 Å². The zero-order valence-electron chi connectivity index (χ0n) is 8.92. The Labute approximate surface area is 105 Å². The van der Waals surface area contributed by atoms with Gasteiger partial charge in [-0.1, -0.05) is 30.1 Å². The Balaban J connectivity index is 3.23. The van der Waals surface area contributed by atoms with Gasteiger partial charge in [-0.15, -0.1) is 0 Å². The summed E-state index contributed by atoms with van der Waals surface area (Å²) in [6, 6.07) is 1.47. The zero-order chi connectivity index (χ0) is 12.3. The molecular weight excluding hydrogens is 271 g/mol. The summed E-state index contributed by atoms with van der Waals surface area (Å²) in [6.07, 6.45) is 0.705. The minimum Gasteiger partial charge on any atom is -0.223 e. The third kappa shape index (κ3) is 3.07. The molecule has 7 heteroatoms. The van der Waals surface area contributed by atoms with E-state index in [1.54, 1.807) is 6.92 Å². The van der Waals surface area contributed by atoms with Crippen LogP contribution in [0.5, 0.6) is 0 Å². The van der Waals surface area contributed by atoms with Crippen molar-refractivity contribution in [1.82, 2.24) is 9.71 Å². The van der Waals surface area contributed by atoms with Crippen molar-refractivity contribution < 1.29 is 8.42 Å². The van der Waals surface area contributed by atoms with Crippen LogP contribution in [0.1, 0.15) is 18.9 Å². The number of sulfonamides is 1. The van der Waals surface area contributed by atoms with E-state index in [1.807, 2.05) is 6.92 Å². The first kappa shape index (κ1) is 13.7. The number of nitrogens with zero attached hydrogens (tertiary/aromatic N) is 1. The van der Waals surface area contributed by atoms with Crippen LogP contribution in [0, 0.1) is 6.92 Å². The Morgan fingerprint density at radius 1 is 1.44 bits per heavy atom. The first-order chi connectivity index (χ1) is 7.38. The van der Waals surface area contributed by atoms with Crippen LogP contribution in [-0.4, -0.2) is 19.9 Å². The molecule has 0 atom stereocenters. The Hall–Kier alpha value is -0.360. The van der Waals surface area contributed by atoms with Crippen molar-refractivity contribution in [3.63, 3.8) is 0 Å². The number of hydrogen-bond acceptors (Lipinski definition) is 3. The second-order valence-corrected chi connectivity index (χ2v) is 5.73. The zero-order valence-corrected chi connectivity index (χ0v) is 11.2. The topological polar surface area (TPSA) is 59.1 Å². The minimum absolute atomic E-state index is 0.00739. The van der Waals surface area contributed by atoms with Crippen molar-refractivity contribution >= 4 is 33.2 Å².